The maximum Gasteiger partial charge on any atom is 0.152 e. The van der Waals surface area contributed by atoms with Gasteiger partial charge in [-0.15, -0.1) is 21.5 Å². The van der Waals surface area contributed by atoms with Gasteiger partial charge in [0, 0.05) is 39.5 Å². The van der Waals surface area contributed by atoms with Gasteiger partial charge in [0.2, 0.25) is 0 Å². The first kappa shape index (κ1) is 15.1. The molecule has 3 heterocycles. The minimum Gasteiger partial charge on any atom is -0.323 e. The lowest BCUT2D eigenvalue weighted by molar-refractivity contribution is 0.613. The van der Waals surface area contributed by atoms with Crippen LogP contribution in [0.5, 0.6) is 0 Å². The van der Waals surface area contributed by atoms with E-state index in [9.17, 15) is 0 Å². The highest BCUT2D eigenvalue weighted by molar-refractivity contribution is 7.19. The van der Waals surface area contributed by atoms with Crippen molar-refractivity contribution in [2.24, 2.45) is 0 Å². The number of hydrogen-bond donors (Lipinski definition) is 0. The molecular formula is C18H19N5S. The van der Waals surface area contributed by atoms with Crippen molar-refractivity contribution in [2.75, 3.05) is 0 Å². The summed E-state index contributed by atoms with van der Waals surface area (Å²) in [6.07, 6.45) is 6.75. The quantitative estimate of drug-likeness (QED) is 0.550. The summed E-state index contributed by atoms with van der Waals surface area (Å²) in [6, 6.07) is 8.51. The summed E-state index contributed by atoms with van der Waals surface area (Å²) >= 11 is 1.82. The van der Waals surface area contributed by atoms with Gasteiger partial charge >= 0.3 is 0 Å². The average molecular weight is 337 g/mol. The van der Waals surface area contributed by atoms with Gasteiger partial charge in [-0.3, -0.25) is 0 Å². The SMILES string of the molecule is CCCn1cnnc1Cn1ccnc1-c1c(C)sc2ccccc12. The second-order valence-electron chi connectivity index (χ2n) is 5.85. The molecule has 0 aliphatic heterocycles. The largest absolute Gasteiger partial charge is 0.323 e. The van der Waals surface area contributed by atoms with Gasteiger partial charge < -0.3 is 9.13 Å². The van der Waals surface area contributed by atoms with Gasteiger partial charge in [-0.05, 0) is 19.4 Å². The molecule has 0 fully saturated rings. The maximum absolute atomic E-state index is 4.64. The molecule has 0 amide bonds. The average Bonchev–Trinajstić information content (AvgIpc) is 3.27. The second-order valence-corrected chi connectivity index (χ2v) is 7.11. The molecule has 4 aromatic rings. The van der Waals surface area contributed by atoms with Gasteiger partial charge in [-0.1, -0.05) is 25.1 Å². The van der Waals surface area contributed by atoms with Crippen LogP contribution in [0.25, 0.3) is 21.5 Å². The van der Waals surface area contributed by atoms with Crippen molar-refractivity contribution in [1.29, 1.82) is 0 Å². The maximum atomic E-state index is 4.64. The molecule has 24 heavy (non-hydrogen) atoms. The fourth-order valence-corrected chi connectivity index (χ4v) is 4.15. The molecule has 0 N–H and O–H groups in total. The highest BCUT2D eigenvalue weighted by Gasteiger charge is 2.16. The zero-order valence-electron chi connectivity index (χ0n) is 13.8. The Morgan fingerprint density at radius 2 is 2.04 bits per heavy atom. The van der Waals surface area contributed by atoms with E-state index in [2.05, 4.69) is 62.4 Å². The zero-order valence-corrected chi connectivity index (χ0v) is 14.6. The molecule has 0 aliphatic rings. The number of aromatic nitrogens is 5. The molecule has 5 nitrogen and oxygen atoms in total. The number of benzene rings is 1. The van der Waals surface area contributed by atoms with Crippen molar-refractivity contribution in [2.45, 2.75) is 33.4 Å². The zero-order chi connectivity index (χ0) is 16.5. The summed E-state index contributed by atoms with van der Waals surface area (Å²) in [4.78, 5) is 5.93. The van der Waals surface area contributed by atoms with E-state index in [1.165, 1.54) is 20.5 Å². The van der Waals surface area contributed by atoms with Crippen LogP contribution in [0.1, 0.15) is 24.0 Å². The fraction of sp³-hybridized carbons (Fsp3) is 0.278. The normalized spacial score (nSPS) is 11.4. The Morgan fingerprint density at radius 1 is 1.17 bits per heavy atom. The smallest absolute Gasteiger partial charge is 0.152 e. The van der Waals surface area contributed by atoms with Crippen LogP contribution in [0.3, 0.4) is 0 Å². The lowest BCUT2D eigenvalue weighted by Gasteiger charge is -2.09. The third kappa shape index (κ3) is 2.53. The van der Waals surface area contributed by atoms with Gasteiger partial charge in [0.15, 0.2) is 5.82 Å². The van der Waals surface area contributed by atoms with Crippen LogP contribution in [0.4, 0.5) is 0 Å². The first-order chi connectivity index (χ1) is 11.8. The van der Waals surface area contributed by atoms with Crippen molar-refractivity contribution in [3.63, 3.8) is 0 Å². The summed E-state index contributed by atoms with van der Waals surface area (Å²) in [5.74, 6) is 1.96. The number of fused-ring (bicyclic) bond motifs is 1. The molecule has 6 heteroatoms. The fourth-order valence-electron chi connectivity index (χ4n) is 3.09. The first-order valence-electron chi connectivity index (χ1n) is 8.14. The predicted octanol–water partition coefficient (Wildman–Crippen LogP) is 4.12. The molecular weight excluding hydrogens is 318 g/mol. The molecule has 0 radical (unpaired) electrons. The van der Waals surface area contributed by atoms with E-state index in [0.29, 0.717) is 6.54 Å². The van der Waals surface area contributed by atoms with Gasteiger partial charge in [0.1, 0.15) is 12.2 Å². The van der Waals surface area contributed by atoms with Crippen molar-refractivity contribution < 1.29 is 0 Å². The molecule has 1 aromatic carbocycles. The first-order valence-corrected chi connectivity index (χ1v) is 8.96. The monoisotopic (exact) mass is 337 g/mol. The van der Waals surface area contributed by atoms with Crippen LogP contribution >= 0.6 is 11.3 Å². The van der Waals surface area contributed by atoms with Crippen molar-refractivity contribution >= 4 is 21.4 Å². The van der Waals surface area contributed by atoms with E-state index in [-0.39, 0.29) is 0 Å². The topological polar surface area (TPSA) is 48.5 Å². The molecule has 0 spiro atoms. The van der Waals surface area contributed by atoms with E-state index in [1.807, 2.05) is 23.7 Å². The van der Waals surface area contributed by atoms with E-state index >= 15 is 0 Å². The lowest BCUT2D eigenvalue weighted by atomic mass is 10.1. The van der Waals surface area contributed by atoms with Crippen molar-refractivity contribution in [1.82, 2.24) is 24.3 Å². The Hall–Kier alpha value is -2.47. The van der Waals surface area contributed by atoms with Crippen molar-refractivity contribution in [3.8, 4) is 11.4 Å². The number of aryl methyl sites for hydroxylation is 2. The van der Waals surface area contributed by atoms with Crippen LogP contribution < -0.4 is 0 Å². The highest BCUT2D eigenvalue weighted by Crippen LogP contribution is 2.37. The Morgan fingerprint density at radius 3 is 2.92 bits per heavy atom. The van der Waals surface area contributed by atoms with E-state index in [4.69, 9.17) is 0 Å². The van der Waals surface area contributed by atoms with Crippen LogP contribution in [0.2, 0.25) is 0 Å². The highest BCUT2D eigenvalue weighted by atomic mass is 32.1. The predicted molar refractivity (Wildman–Crippen MR) is 97.2 cm³/mol. The van der Waals surface area contributed by atoms with Gasteiger partial charge in [0.05, 0.1) is 6.54 Å². The van der Waals surface area contributed by atoms with Crippen LogP contribution in [0.15, 0.2) is 43.0 Å². The molecule has 0 bridgehead atoms. The standard InChI is InChI=1S/C18H19N5S/c1-3-9-23-12-20-21-16(23)11-22-10-8-19-18(22)17-13(2)24-15-7-5-4-6-14(15)17/h4-8,10,12H,3,9,11H2,1-2H3. The van der Waals surface area contributed by atoms with Crippen molar-refractivity contribution in [3.05, 3.63) is 53.7 Å². The molecule has 0 atom stereocenters. The molecule has 122 valence electrons. The van der Waals surface area contributed by atoms with E-state index in [0.717, 1.165) is 24.6 Å². The number of nitrogens with zero attached hydrogens (tertiary/aromatic N) is 5. The number of imidazole rings is 1. The van der Waals surface area contributed by atoms with Crippen LogP contribution in [0, 0.1) is 6.92 Å². The Kier molecular flexibility index (Phi) is 3.90. The summed E-state index contributed by atoms with van der Waals surface area (Å²) in [5.41, 5.74) is 1.22. The molecule has 0 saturated carbocycles. The summed E-state index contributed by atoms with van der Waals surface area (Å²) in [6.45, 7) is 5.94. The molecule has 4 rings (SSSR count). The van der Waals surface area contributed by atoms with E-state index < -0.39 is 0 Å². The number of rotatable bonds is 5. The Bertz CT molecular complexity index is 978. The Balaban J connectivity index is 1.77. The molecule has 0 saturated heterocycles. The van der Waals surface area contributed by atoms with Gasteiger partial charge in [-0.25, -0.2) is 4.98 Å². The molecule has 0 unspecified atom stereocenters. The third-order valence-corrected chi connectivity index (χ3v) is 5.27. The van der Waals surface area contributed by atoms with Crippen LogP contribution in [-0.2, 0) is 13.1 Å². The van der Waals surface area contributed by atoms with E-state index in [1.54, 1.807) is 6.33 Å². The molecule has 3 aromatic heterocycles. The summed E-state index contributed by atoms with van der Waals surface area (Å²) in [7, 11) is 0. The number of thiophene rings is 1. The summed E-state index contributed by atoms with van der Waals surface area (Å²) < 4.78 is 5.58. The van der Waals surface area contributed by atoms with Crippen LogP contribution in [-0.4, -0.2) is 24.3 Å². The Labute approximate surface area is 144 Å². The third-order valence-electron chi connectivity index (χ3n) is 4.18. The van der Waals surface area contributed by atoms with Gasteiger partial charge in [0.25, 0.3) is 0 Å². The lowest BCUT2D eigenvalue weighted by Crippen LogP contribution is -2.09. The minimum atomic E-state index is 0.680. The minimum absolute atomic E-state index is 0.680. The summed E-state index contributed by atoms with van der Waals surface area (Å²) in [5, 5.41) is 9.61. The molecule has 0 aliphatic carbocycles. The van der Waals surface area contributed by atoms with Gasteiger partial charge in [-0.2, -0.15) is 0 Å². The number of hydrogen-bond acceptors (Lipinski definition) is 4. The second kappa shape index (κ2) is 6.20.